The molecule has 0 aromatic carbocycles. The predicted octanol–water partition coefficient (Wildman–Crippen LogP) is 3.04. The van der Waals surface area contributed by atoms with Crippen molar-refractivity contribution in [2.45, 2.75) is 18.2 Å². The standard InChI is InChI=1S/C8H8BrN3OS/c1-2-5(9)7-11-12-8(13-7)6-3-10-4-14-6/h3-5H,2H2,1H3. The molecular weight excluding hydrogens is 266 g/mol. The summed E-state index contributed by atoms with van der Waals surface area (Å²) in [5.74, 6) is 1.16. The number of thiazole rings is 1. The SMILES string of the molecule is CCC(Br)c1nnc(-c2cncs2)o1. The van der Waals surface area contributed by atoms with E-state index < -0.39 is 0 Å². The lowest BCUT2D eigenvalue weighted by Gasteiger charge is -1.97. The van der Waals surface area contributed by atoms with E-state index in [2.05, 4.69) is 38.0 Å². The van der Waals surface area contributed by atoms with Crippen LogP contribution in [0.2, 0.25) is 0 Å². The first kappa shape index (κ1) is 9.79. The van der Waals surface area contributed by atoms with Crippen LogP contribution >= 0.6 is 27.3 Å². The van der Waals surface area contributed by atoms with Crippen LogP contribution in [0.4, 0.5) is 0 Å². The molecule has 14 heavy (non-hydrogen) atoms. The summed E-state index contributed by atoms with van der Waals surface area (Å²) in [5, 5.41) is 7.91. The molecule has 1 atom stereocenters. The summed E-state index contributed by atoms with van der Waals surface area (Å²) in [6.45, 7) is 2.05. The van der Waals surface area contributed by atoms with Crippen molar-refractivity contribution >= 4 is 27.3 Å². The number of rotatable bonds is 3. The molecule has 0 radical (unpaired) electrons. The largest absolute Gasteiger partial charge is 0.419 e. The summed E-state index contributed by atoms with van der Waals surface area (Å²) in [6.07, 6.45) is 2.64. The molecule has 2 heterocycles. The number of aromatic nitrogens is 3. The predicted molar refractivity (Wildman–Crippen MR) is 57.4 cm³/mol. The highest BCUT2D eigenvalue weighted by atomic mass is 79.9. The first-order valence-electron chi connectivity index (χ1n) is 4.17. The van der Waals surface area contributed by atoms with E-state index in [1.165, 1.54) is 11.3 Å². The summed E-state index contributed by atoms with van der Waals surface area (Å²) >= 11 is 4.94. The van der Waals surface area contributed by atoms with Crippen LogP contribution in [0.5, 0.6) is 0 Å². The average Bonchev–Trinajstić information content (AvgIpc) is 2.86. The summed E-state index contributed by atoms with van der Waals surface area (Å²) in [7, 11) is 0. The molecule has 1 unspecified atom stereocenters. The van der Waals surface area contributed by atoms with Crippen molar-refractivity contribution in [3.8, 4) is 10.8 Å². The molecule has 74 valence electrons. The fraction of sp³-hybridized carbons (Fsp3) is 0.375. The van der Waals surface area contributed by atoms with Gasteiger partial charge in [0.2, 0.25) is 5.89 Å². The Morgan fingerprint density at radius 2 is 2.43 bits per heavy atom. The smallest absolute Gasteiger partial charge is 0.259 e. The minimum Gasteiger partial charge on any atom is -0.419 e. The van der Waals surface area contributed by atoms with Crippen molar-refractivity contribution < 1.29 is 4.42 Å². The number of hydrogen-bond acceptors (Lipinski definition) is 5. The molecule has 2 aromatic heterocycles. The first-order valence-corrected chi connectivity index (χ1v) is 5.97. The summed E-state index contributed by atoms with van der Waals surface area (Å²) in [4.78, 5) is 4.99. The van der Waals surface area contributed by atoms with Crippen molar-refractivity contribution in [1.29, 1.82) is 0 Å². The zero-order chi connectivity index (χ0) is 9.97. The number of halogens is 1. The van der Waals surface area contributed by atoms with Crippen LogP contribution in [0.15, 0.2) is 16.1 Å². The van der Waals surface area contributed by atoms with Gasteiger partial charge in [-0.1, -0.05) is 22.9 Å². The van der Waals surface area contributed by atoms with Gasteiger partial charge in [-0.05, 0) is 6.42 Å². The van der Waals surface area contributed by atoms with E-state index in [-0.39, 0.29) is 4.83 Å². The lowest BCUT2D eigenvalue weighted by molar-refractivity contribution is 0.501. The van der Waals surface area contributed by atoms with Crippen LogP contribution in [0, 0.1) is 0 Å². The van der Waals surface area contributed by atoms with Crippen molar-refractivity contribution in [3.05, 3.63) is 17.6 Å². The zero-order valence-corrected chi connectivity index (χ0v) is 9.88. The third-order valence-electron chi connectivity index (χ3n) is 1.71. The maximum absolute atomic E-state index is 5.48. The molecule has 0 aliphatic heterocycles. The van der Waals surface area contributed by atoms with E-state index >= 15 is 0 Å². The second-order valence-corrected chi connectivity index (χ2v) is 4.68. The molecule has 0 saturated carbocycles. The molecule has 6 heteroatoms. The molecular formula is C8H8BrN3OS. The molecule has 0 amide bonds. The second-order valence-electron chi connectivity index (χ2n) is 2.69. The molecule has 2 rings (SSSR count). The van der Waals surface area contributed by atoms with Gasteiger partial charge in [0, 0.05) is 0 Å². The molecule has 0 saturated heterocycles. The van der Waals surface area contributed by atoms with Gasteiger partial charge in [0.1, 0.15) is 4.88 Å². The Hall–Kier alpha value is -0.750. The Bertz CT molecular complexity index is 400. The Balaban J connectivity index is 2.26. The van der Waals surface area contributed by atoms with E-state index in [4.69, 9.17) is 4.42 Å². The van der Waals surface area contributed by atoms with Crippen molar-refractivity contribution in [1.82, 2.24) is 15.2 Å². The molecule has 2 aromatic rings. The van der Waals surface area contributed by atoms with Crippen molar-refractivity contribution in [2.24, 2.45) is 0 Å². The normalized spacial score (nSPS) is 13.0. The van der Waals surface area contributed by atoms with Crippen LogP contribution in [0.3, 0.4) is 0 Å². The van der Waals surface area contributed by atoms with Crippen molar-refractivity contribution in [3.63, 3.8) is 0 Å². The van der Waals surface area contributed by atoms with Gasteiger partial charge < -0.3 is 4.42 Å². The fourth-order valence-corrected chi connectivity index (χ4v) is 1.68. The highest BCUT2D eigenvalue weighted by Crippen LogP contribution is 2.28. The van der Waals surface area contributed by atoms with E-state index in [0.29, 0.717) is 11.8 Å². The maximum Gasteiger partial charge on any atom is 0.259 e. The lowest BCUT2D eigenvalue weighted by Crippen LogP contribution is -1.86. The Kier molecular flexibility index (Phi) is 2.93. The third kappa shape index (κ3) is 1.85. The van der Waals surface area contributed by atoms with Gasteiger partial charge in [0.15, 0.2) is 0 Å². The lowest BCUT2D eigenvalue weighted by atomic mass is 10.3. The number of nitrogens with zero attached hydrogens (tertiary/aromatic N) is 3. The van der Waals surface area contributed by atoms with E-state index in [9.17, 15) is 0 Å². The van der Waals surface area contributed by atoms with Gasteiger partial charge in [0.25, 0.3) is 5.89 Å². The first-order chi connectivity index (χ1) is 6.81. The minimum atomic E-state index is 0.136. The van der Waals surface area contributed by atoms with Crippen LogP contribution in [-0.4, -0.2) is 15.2 Å². The van der Waals surface area contributed by atoms with E-state index in [1.807, 2.05) is 0 Å². The summed E-state index contributed by atoms with van der Waals surface area (Å²) in [6, 6.07) is 0. The number of hydrogen-bond donors (Lipinski definition) is 0. The van der Waals surface area contributed by atoms with Gasteiger partial charge in [-0.15, -0.1) is 21.5 Å². The van der Waals surface area contributed by atoms with E-state index in [0.717, 1.165) is 11.3 Å². The molecule has 0 bridgehead atoms. The summed E-state index contributed by atoms with van der Waals surface area (Å²) in [5.41, 5.74) is 1.74. The van der Waals surface area contributed by atoms with Gasteiger partial charge in [-0.25, -0.2) is 0 Å². The molecule has 0 N–H and O–H groups in total. The van der Waals surface area contributed by atoms with Crippen LogP contribution in [0.25, 0.3) is 10.8 Å². The Morgan fingerprint density at radius 3 is 3.07 bits per heavy atom. The van der Waals surface area contributed by atoms with Crippen molar-refractivity contribution in [2.75, 3.05) is 0 Å². The highest BCUT2D eigenvalue weighted by Gasteiger charge is 2.15. The molecule has 0 fully saturated rings. The molecule has 4 nitrogen and oxygen atoms in total. The average molecular weight is 274 g/mol. The summed E-state index contributed by atoms with van der Waals surface area (Å²) < 4.78 is 5.48. The Morgan fingerprint density at radius 1 is 1.57 bits per heavy atom. The van der Waals surface area contributed by atoms with E-state index in [1.54, 1.807) is 11.7 Å². The van der Waals surface area contributed by atoms with Crippen LogP contribution in [-0.2, 0) is 0 Å². The third-order valence-corrected chi connectivity index (χ3v) is 3.51. The Labute approximate surface area is 93.5 Å². The number of alkyl halides is 1. The van der Waals surface area contributed by atoms with Crippen LogP contribution < -0.4 is 0 Å². The molecule has 0 aliphatic rings. The maximum atomic E-state index is 5.48. The monoisotopic (exact) mass is 273 g/mol. The van der Waals surface area contributed by atoms with Gasteiger partial charge in [0.05, 0.1) is 16.5 Å². The second kappa shape index (κ2) is 4.18. The fourth-order valence-electron chi connectivity index (χ4n) is 0.957. The van der Waals surface area contributed by atoms with Gasteiger partial charge >= 0.3 is 0 Å². The van der Waals surface area contributed by atoms with Crippen LogP contribution in [0.1, 0.15) is 24.1 Å². The highest BCUT2D eigenvalue weighted by molar-refractivity contribution is 9.09. The molecule has 0 aliphatic carbocycles. The molecule has 0 spiro atoms. The van der Waals surface area contributed by atoms with Gasteiger partial charge in [-0.2, -0.15) is 0 Å². The van der Waals surface area contributed by atoms with Gasteiger partial charge in [-0.3, -0.25) is 4.98 Å². The quantitative estimate of drug-likeness (QED) is 0.807. The zero-order valence-electron chi connectivity index (χ0n) is 7.48. The minimum absolute atomic E-state index is 0.136. The topological polar surface area (TPSA) is 51.8 Å².